The third-order valence-electron chi connectivity index (χ3n) is 4.49. The maximum absolute atomic E-state index is 13.3. The van der Waals surface area contributed by atoms with Crippen molar-refractivity contribution in [3.63, 3.8) is 0 Å². The number of thioether (sulfide) groups is 1. The molecule has 0 aliphatic carbocycles. The summed E-state index contributed by atoms with van der Waals surface area (Å²) in [7, 11) is 1.59. The zero-order valence-electron chi connectivity index (χ0n) is 16.4. The van der Waals surface area contributed by atoms with Crippen LogP contribution in [0.15, 0.2) is 78.2 Å². The van der Waals surface area contributed by atoms with Gasteiger partial charge in [-0.15, -0.1) is 10.2 Å². The highest BCUT2D eigenvalue weighted by atomic mass is 32.2. The largest absolute Gasteiger partial charge is 0.497 e. The van der Waals surface area contributed by atoms with E-state index >= 15 is 0 Å². The van der Waals surface area contributed by atoms with E-state index in [1.807, 2.05) is 24.3 Å². The minimum atomic E-state index is -4.45. The standard InChI is InChI=1S/C22H17F3N4OS/c1-30-19-9-2-5-15(11-19)14-31-21-28-27-20(16-6-4-10-26-13-16)29(21)18-8-3-7-17(12-18)22(23,24)25/h2-13H,14H2,1H3. The van der Waals surface area contributed by atoms with Crippen molar-refractivity contribution in [3.8, 4) is 22.8 Å². The second-order valence-electron chi connectivity index (χ2n) is 6.57. The van der Waals surface area contributed by atoms with Crippen LogP contribution in [0.2, 0.25) is 0 Å². The first-order valence-corrected chi connectivity index (χ1v) is 10.2. The van der Waals surface area contributed by atoms with Crippen LogP contribution >= 0.6 is 11.8 Å². The molecule has 5 nitrogen and oxygen atoms in total. The Morgan fingerprint density at radius 1 is 1.00 bits per heavy atom. The summed E-state index contributed by atoms with van der Waals surface area (Å²) in [5.41, 5.74) is 1.23. The molecule has 0 amide bonds. The minimum absolute atomic E-state index is 0.326. The Balaban J connectivity index is 1.75. The molecule has 0 aliphatic heterocycles. The van der Waals surface area contributed by atoms with Crippen LogP contribution in [0.3, 0.4) is 0 Å². The van der Waals surface area contributed by atoms with Crippen molar-refractivity contribution in [1.82, 2.24) is 19.7 Å². The molecule has 0 fully saturated rings. The average Bonchev–Trinajstić information content (AvgIpc) is 3.22. The molecule has 4 rings (SSSR count). The molecule has 0 N–H and O–H groups in total. The molecule has 0 radical (unpaired) electrons. The van der Waals surface area contributed by atoms with E-state index in [4.69, 9.17) is 4.74 Å². The fraction of sp³-hybridized carbons (Fsp3) is 0.136. The first-order chi connectivity index (χ1) is 15.0. The summed E-state index contributed by atoms with van der Waals surface area (Å²) in [6.45, 7) is 0. The van der Waals surface area contributed by atoms with Crippen molar-refractivity contribution in [2.45, 2.75) is 17.1 Å². The lowest BCUT2D eigenvalue weighted by Gasteiger charge is -2.13. The Bertz CT molecular complexity index is 1180. The second kappa shape index (κ2) is 8.81. The summed E-state index contributed by atoms with van der Waals surface area (Å²) in [6.07, 6.45) is -1.23. The van der Waals surface area contributed by atoms with Gasteiger partial charge in [0, 0.05) is 23.7 Å². The van der Waals surface area contributed by atoms with E-state index in [0.717, 1.165) is 23.4 Å². The lowest BCUT2D eigenvalue weighted by Crippen LogP contribution is -2.07. The summed E-state index contributed by atoms with van der Waals surface area (Å²) in [5, 5.41) is 8.97. The number of nitrogens with zero attached hydrogens (tertiary/aromatic N) is 4. The number of alkyl halides is 3. The van der Waals surface area contributed by atoms with E-state index in [1.54, 1.807) is 42.3 Å². The highest BCUT2D eigenvalue weighted by molar-refractivity contribution is 7.98. The van der Waals surface area contributed by atoms with E-state index in [1.165, 1.54) is 17.8 Å². The SMILES string of the molecule is COc1cccc(CSc2nnc(-c3cccnc3)n2-c2cccc(C(F)(F)F)c2)c1. The fourth-order valence-corrected chi connectivity index (χ4v) is 3.90. The average molecular weight is 442 g/mol. The number of pyridine rings is 1. The molecule has 2 heterocycles. The van der Waals surface area contributed by atoms with Gasteiger partial charge in [0.15, 0.2) is 11.0 Å². The maximum Gasteiger partial charge on any atom is 0.416 e. The molecule has 0 spiro atoms. The first kappa shape index (κ1) is 20.9. The Hall–Kier alpha value is -3.33. The van der Waals surface area contributed by atoms with E-state index in [0.29, 0.717) is 28.0 Å². The molecule has 0 saturated carbocycles. The normalized spacial score (nSPS) is 11.5. The molecule has 2 aromatic carbocycles. The molecule has 0 unspecified atom stereocenters. The zero-order valence-corrected chi connectivity index (χ0v) is 17.2. The van der Waals surface area contributed by atoms with Gasteiger partial charge in [0.2, 0.25) is 0 Å². The summed E-state index contributed by atoms with van der Waals surface area (Å²) in [5.74, 6) is 1.69. The van der Waals surface area contributed by atoms with Crippen molar-refractivity contribution < 1.29 is 17.9 Å². The van der Waals surface area contributed by atoms with Gasteiger partial charge < -0.3 is 4.74 Å². The number of ether oxygens (including phenoxy) is 1. The predicted molar refractivity (Wildman–Crippen MR) is 112 cm³/mol. The van der Waals surface area contributed by atoms with Crippen molar-refractivity contribution in [2.24, 2.45) is 0 Å². The number of methoxy groups -OCH3 is 1. The number of rotatable bonds is 6. The fourth-order valence-electron chi connectivity index (χ4n) is 3.01. The molecule has 0 saturated heterocycles. The van der Waals surface area contributed by atoms with Crippen LogP contribution in [0.5, 0.6) is 5.75 Å². The summed E-state index contributed by atoms with van der Waals surface area (Å²) in [4.78, 5) is 4.09. The topological polar surface area (TPSA) is 52.8 Å². The molecular formula is C22H17F3N4OS. The van der Waals surface area contributed by atoms with Gasteiger partial charge in [0.05, 0.1) is 18.4 Å². The van der Waals surface area contributed by atoms with Crippen molar-refractivity contribution in [1.29, 1.82) is 0 Å². The number of hydrogen-bond acceptors (Lipinski definition) is 5. The molecule has 31 heavy (non-hydrogen) atoms. The van der Waals surface area contributed by atoms with Crippen LogP contribution in [0.1, 0.15) is 11.1 Å². The molecule has 2 aromatic heterocycles. The predicted octanol–water partition coefficient (Wildman–Crippen LogP) is 5.65. The smallest absolute Gasteiger partial charge is 0.416 e. The summed E-state index contributed by atoms with van der Waals surface area (Å²) in [6, 6.07) is 16.2. The third kappa shape index (κ3) is 4.72. The molecule has 158 valence electrons. The van der Waals surface area contributed by atoms with Gasteiger partial charge in [-0.3, -0.25) is 9.55 Å². The van der Waals surface area contributed by atoms with Gasteiger partial charge in [-0.25, -0.2) is 0 Å². The number of aromatic nitrogens is 4. The quantitative estimate of drug-likeness (QED) is 0.361. The van der Waals surface area contributed by atoms with Crippen molar-refractivity contribution in [2.75, 3.05) is 7.11 Å². The van der Waals surface area contributed by atoms with Crippen LogP contribution in [-0.2, 0) is 11.9 Å². The number of benzene rings is 2. The highest BCUT2D eigenvalue weighted by Crippen LogP contribution is 2.34. The van der Waals surface area contributed by atoms with Crippen LogP contribution in [0.4, 0.5) is 13.2 Å². The van der Waals surface area contributed by atoms with E-state index < -0.39 is 11.7 Å². The summed E-state index contributed by atoms with van der Waals surface area (Å²) >= 11 is 1.38. The molecule has 4 aromatic rings. The molecular weight excluding hydrogens is 425 g/mol. The van der Waals surface area contributed by atoms with Crippen LogP contribution < -0.4 is 4.74 Å². The first-order valence-electron chi connectivity index (χ1n) is 9.25. The number of hydrogen-bond donors (Lipinski definition) is 0. The van der Waals surface area contributed by atoms with Gasteiger partial charge in [-0.05, 0) is 48.0 Å². The van der Waals surface area contributed by atoms with Gasteiger partial charge >= 0.3 is 6.18 Å². The Morgan fingerprint density at radius 3 is 2.58 bits per heavy atom. The summed E-state index contributed by atoms with van der Waals surface area (Å²) < 4.78 is 46.8. The Kier molecular flexibility index (Phi) is 5.94. The van der Waals surface area contributed by atoms with Crippen LogP contribution in [0.25, 0.3) is 17.1 Å². The van der Waals surface area contributed by atoms with Crippen LogP contribution in [-0.4, -0.2) is 26.9 Å². The van der Waals surface area contributed by atoms with E-state index in [-0.39, 0.29) is 0 Å². The molecule has 0 bridgehead atoms. The monoisotopic (exact) mass is 442 g/mol. The molecule has 9 heteroatoms. The van der Waals surface area contributed by atoms with Gasteiger partial charge in [-0.2, -0.15) is 13.2 Å². The lowest BCUT2D eigenvalue weighted by molar-refractivity contribution is -0.137. The number of halogens is 3. The Labute approximate surface area is 180 Å². The minimum Gasteiger partial charge on any atom is -0.497 e. The Morgan fingerprint density at radius 2 is 1.84 bits per heavy atom. The van der Waals surface area contributed by atoms with E-state index in [9.17, 15) is 13.2 Å². The van der Waals surface area contributed by atoms with Gasteiger partial charge in [0.25, 0.3) is 0 Å². The second-order valence-corrected chi connectivity index (χ2v) is 7.51. The lowest BCUT2D eigenvalue weighted by atomic mass is 10.2. The van der Waals surface area contributed by atoms with Gasteiger partial charge in [-0.1, -0.05) is 30.0 Å². The third-order valence-corrected chi connectivity index (χ3v) is 5.49. The maximum atomic E-state index is 13.3. The van der Waals surface area contributed by atoms with Crippen molar-refractivity contribution in [3.05, 3.63) is 84.2 Å². The zero-order chi connectivity index (χ0) is 21.8. The van der Waals surface area contributed by atoms with Crippen molar-refractivity contribution >= 4 is 11.8 Å². The van der Waals surface area contributed by atoms with E-state index in [2.05, 4.69) is 15.2 Å². The van der Waals surface area contributed by atoms with Gasteiger partial charge in [0.1, 0.15) is 5.75 Å². The highest BCUT2D eigenvalue weighted by Gasteiger charge is 2.31. The molecule has 0 atom stereocenters. The molecule has 0 aliphatic rings. The van der Waals surface area contributed by atoms with Crippen LogP contribution in [0, 0.1) is 0 Å².